The maximum atomic E-state index is 14.1. The van der Waals surface area contributed by atoms with Crippen LogP contribution in [0.2, 0.25) is 5.02 Å². The fraction of sp³-hybridized carbons (Fsp3) is 0.556. The number of hydrogen-bond donors (Lipinski definition) is 1. The number of hydrogen-bond acceptors (Lipinski definition) is 5. The van der Waals surface area contributed by atoms with Crippen LogP contribution < -0.4 is 14.4 Å². The minimum Gasteiger partial charge on any atom is -0.490 e. The van der Waals surface area contributed by atoms with Gasteiger partial charge in [-0.1, -0.05) is 50.6 Å². The fourth-order valence-corrected chi connectivity index (χ4v) is 11.0. The van der Waals surface area contributed by atoms with Crippen LogP contribution in [0.15, 0.2) is 48.6 Å². The zero-order valence-corrected chi connectivity index (χ0v) is 28.1. The Hall–Kier alpha value is -2.48. The number of rotatable bonds is 2. The lowest BCUT2D eigenvalue weighted by Crippen LogP contribution is -2.49. The minimum absolute atomic E-state index is 0.0238. The molecule has 2 aromatic rings. The quantitative estimate of drug-likeness (QED) is 0.288. The number of carbonyl (C=O) groups is 1. The SMILES string of the molecule is C=S1(=O)NC(=O)c2ccc3c(c2)N(C[C@@H]2CC[C@H]2[C@@H](OC)/C=C/C[C@@H](C)[C@@H]1C(C)C)C[C@@]1(CCCc2cc(Cl)ccc21)CO3. The number of halogens is 1. The number of aryl methyl sites for hydroxylation is 1. The van der Waals surface area contributed by atoms with Crippen molar-refractivity contribution < 1.29 is 18.5 Å². The number of methoxy groups -OCH3 is 1. The van der Waals surface area contributed by atoms with Crippen molar-refractivity contribution in [1.82, 2.24) is 4.72 Å². The molecule has 0 aromatic heterocycles. The fourth-order valence-electron chi connectivity index (χ4n) is 8.51. The van der Waals surface area contributed by atoms with E-state index in [1.54, 1.807) is 6.07 Å². The second kappa shape index (κ2) is 12.4. The van der Waals surface area contributed by atoms with E-state index in [-0.39, 0.29) is 34.5 Å². The third kappa shape index (κ3) is 5.92. The van der Waals surface area contributed by atoms with Crippen LogP contribution in [0.25, 0.3) is 0 Å². The smallest absolute Gasteiger partial charge is 0.262 e. The minimum atomic E-state index is -2.95. The molecule has 1 saturated carbocycles. The average molecular weight is 639 g/mol. The summed E-state index contributed by atoms with van der Waals surface area (Å²) in [5.74, 6) is 5.53. The summed E-state index contributed by atoms with van der Waals surface area (Å²) in [6.07, 6.45) is 10.5. The molecule has 0 saturated heterocycles. The first-order valence-corrected chi connectivity index (χ1v) is 18.4. The van der Waals surface area contributed by atoms with E-state index in [2.05, 4.69) is 60.5 Å². The summed E-state index contributed by atoms with van der Waals surface area (Å²) in [6.45, 7) is 8.42. The molecule has 1 spiro atoms. The molecule has 7 atom stereocenters. The molecule has 2 bridgehead atoms. The van der Waals surface area contributed by atoms with Crippen molar-refractivity contribution in [3.8, 4) is 5.75 Å². The molecule has 8 heteroatoms. The van der Waals surface area contributed by atoms with E-state index in [9.17, 15) is 9.00 Å². The van der Waals surface area contributed by atoms with E-state index < -0.39 is 9.71 Å². The van der Waals surface area contributed by atoms with Gasteiger partial charge in [-0.25, -0.2) is 4.21 Å². The van der Waals surface area contributed by atoms with Gasteiger partial charge >= 0.3 is 0 Å². The molecule has 1 unspecified atom stereocenters. The first-order valence-electron chi connectivity index (χ1n) is 16.2. The van der Waals surface area contributed by atoms with Gasteiger partial charge in [0.2, 0.25) is 0 Å². The lowest BCUT2D eigenvalue weighted by molar-refractivity contribution is 0.0131. The number of amides is 1. The first kappa shape index (κ1) is 31.5. The molecule has 44 heavy (non-hydrogen) atoms. The van der Waals surface area contributed by atoms with Crippen LogP contribution in [-0.2, 0) is 26.3 Å². The molecule has 0 radical (unpaired) electrons. The van der Waals surface area contributed by atoms with E-state index in [4.69, 9.17) is 21.1 Å². The summed E-state index contributed by atoms with van der Waals surface area (Å²) in [4.78, 5) is 16.2. The van der Waals surface area contributed by atoms with Gasteiger partial charge in [0.25, 0.3) is 5.91 Å². The van der Waals surface area contributed by atoms with Gasteiger partial charge in [-0.15, -0.1) is 0 Å². The van der Waals surface area contributed by atoms with Crippen LogP contribution in [0.4, 0.5) is 5.69 Å². The van der Waals surface area contributed by atoms with Crippen molar-refractivity contribution in [2.24, 2.45) is 23.7 Å². The Bertz CT molecular complexity index is 1540. The molecule has 238 valence electrons. The Kier molecular flexibility index (Phi) is 8.86. The molecule has 4 aliphatic rings. The summed E-state index contributed by atoms with van der Waals surface area (Å²) < 4.78 is 29.7. The number of nitrogens with zero attached hydrogens (tertiary/aromatic N) is 1. The van der Waals surface area contributed by atoms with Gasteiger partial charge in [0, 0.05) is 36.2 Å². The number of anilines is 1. The molecule has 1 N–H and O–H groups in total. The van der Waals surface area contributed by atoms with E-state index in [1.165, 1.54) is 11.1 Å². The van der Waals surface area contributed by atoms with Crippen LogP contribution in [0, 0.1) is 23.7 Å². The van der Waals surface area contributed by atoms with Crippen LogP contribution in [0.3, 0.4) is 0 Å². The molecule has 2 heterocycles. The van der Waals surface area contributed by atoms with Crippen LogP contribution in [0.5, 0.6) is 5.75 Å². The molecule has 2 aliphatic heterocycles. The maximum absolute atomic E-state index is 14.1. The topological polar surface area (TPSA) is 67.9 Å². The lowest BCUT2D eigenvalue weighted by Gasteiger charge is -2.46. The second-order valence-electron chi connectivity index (χ2n) is 14.0. The third-order valence-corrected chi connectivity index (χ3v) is 13.3. The van der Waals surface area contributed by atoms with Gasteiger partial charge in [0.1, 0.15) is 5.75 Å². The predicted octanol–water partition coefficient (Wildman–Crippen LogP) is 6.84. The third-order valence-electron chi connectivity index (χ3n) is 10.7. The summed E-state index contributed by atoms with van der Waals surface area (Å²) in [6, 6.07) is 12.0. The molecular formula is C36H47ClN2O4S. The van der Waals surface area contributed by atoms with Crippen LogP contribution >= 0.6 is 11.6 Å². The standard InChI is InChI=1S/C36H47ClN2O4S/c1-23(2)34-24(3)8-6-10-32(42-4)29-14-11-27(29)20-39-21-36(17-7-9-25-18-28(37)13-15-30(25)36)22-43-33-16-12-26(19-31(33)39)35(40)38-44(34,5)41/h6,10,12-13,15-16,18-19,23-24,27,29,32,34H,5,7-9,11,14,17,20-22H2,1-4H3,(H,38,40,41)/b10-6+/t24-,27+,29-,32+,34+,36+,44?/m1/s1. The summed E-state index contributed by atoms with van der Waals surface area (Å²) >= 11 is 6.44. The Morgan fingerprint density at radius 2 is 2.02 bits per heavy atom. The second-order valence-corrected chi connectivity index (χ2v) is 16.6. The highest BCUT2D eigenvalue weighted by atomic mass is 35.5. The number of nitrogens with one attached hydrogen (secondary N) is 1. The average Bonchev–Trinajstić information content (AvgIpc) is 3.10. The van der Waals surface area contributed by atoms with Crippen molar-refractivity contribution in [2.45, 2.75) is 76.1 Å². The Morgan fingerprint density at radius 3 is 2.75 bits per heavy atom. The molecule has 1 amide bonds. The first-order chi connectivity index (χ1) is 21.0. The summed E-state index contributed by atoms with van der Waals surface area (Å²) in [7, 11) is -1.14. The predicted molar refractivity (Wildman–Crippen MR) is 182 cm³/mol. The highest BCUT2D eigenvalue weighted by Crippen LogP contribution is 2.47. The molecule has 1 fully saturated rings. The Morgan fingerprint density at radius 1 is 1.20 bits per heavy atom. The van der Waals surface area contributed by atoms with Crippen molar-refractivity contribution in [2.75, 3.05) is 31.7 Å². The molecule has 6 nitrogen and oxygen atoms in total. The van der Waals surface area contributed by atoms with Gasteiger partial charge in [0.15, 0.2) is 0 Å². The zero-order valence-electron chi connectivity index (χ0n) is 26.5. The molecule has 6 rings (SSSR count). The largest absolute Gasteiger partial charge is 0.490 e. The van der Waals surface area contributed by atoms with Gasteiger partial charge in [0.05, 0.1) is 33.4 Å². The number of ether oxygens (including phenoxy) is 2. The number of allylic oxidation sites excluding steroid dienone is 1. The summed E-state index contributed by atoms with van der Waals surface area (Å²) in [5, 5.41) is 0.494. The highest BCUT2D eigenvalue weighted by molar-refractivity contribution is 7.99. The van der Waals surface area contributed by atoms with Crippen molar-refractivity contribution in [3.05, 3.63) is 70.3 Å². The van der Waals surface area contributed by atoms with Gasteiger partial charge < -0.3 is 14.4 Å². The molecular weight excluding hydrogens is 592 g/mol. The van der Waals surface area contributed by atoms with Crippen molar-refractivity contribution >= 4 is 38.8 Å². The van der Waals surface area contributed by atoms with Gasteiger partial charge in [-0.05, 0) is 110 Å². The van der Waals surface area contributed by atoms with Gasteiger partial charge in [-0.2, -0.15) is 0 Å². The number of benzene rings is 2. The number of fused-ring (bicyclic) bond motifs is 4. The number of carbonyl (C=O) groups excluding carboxylic acids is 1. The van der Waals surface area contributed by atoms with Crippen LogP contribution in [0.1, 0.15) is 74.4 Å². The van der Waals surface area contributed by atoms with E-state index in [0.29, 0.717) is 24.0 Å². The summed E-state index contributed by atoms with van der Waals surface area (Å²) in [5.41, 5.74) is 3.82. The van der Waals surface area contributed by atoms with Gasteiger partial charge in [-0.3, -0.25) is 9.52 Å². The molecule has 2 aromatic carbocycles. The van der Waals surface area contributed by atoms with E-state index in [1.807, 2.05) is 25.3 Å². The lowest BCUT2D eigenvalue weighted by atomic mass is 9.68. The van der Waals surface area contributed by atoms with Crippen LogP contribution in [-0.4, -0.2) is 54.1 Å². The Labute approximate surface area is 268 Å². The normalized spacial score (nSPS) is 34.6. The van der Waals surface area contributed by atoms with E-state index >= 15 is 0 Å². The van der Waals surface area contributed by atoms with Crippen molar-refractivity contribution in [1.29, 1.82) is 0 Å². The maximum Gasteiger partial charge on any atom is 0.262 e. The monoisotopic (exact) mass is 638 g/mol. The molecule has 2 aliphatic carbocycles. The van der Waals surface area contributed by atoms with Crippen molar-refractivity contribution in [3.63, 3.8) is 0 Å². The Balaban J connectivity index is 1.44. The zero-order chi connectivity index (χ0) is 31.2. The highest BCUT2D eigenvalue weighted by Gasteiger charge is 2.44. The van der Waals surface area contributed by atoms with E-state index in [0.717, 1.165) is 68.1 Å².